The number of hydrogen-bond donors (Lipinski definition) is 2. The number of thioether (sulfide) groups is 1. The van der Waals surface area contributed by atoms with E-state index in [1.54, 1.807) is 23.1 Å². The lowest BCUT2D eigenvalue weighted by molar-refractivity contribution is 0.270. The SMILES string of the molecule is CCC(NC(C)C(CO)SC)c1cccs1. The highest BCUT2D eigenvalue weighted by atomic mass is 32.2. The quantitative estimate of drug-likeness (QED) is 0.790. The van der Waals surface area contributed by atoms with Crippen molar-refractivity contribution in [2.45, 2.75) is 37.6 Å². The largest absolute Gasteiger partial charge is 0.395 e. The van der Waals surface area contributed by atoms with Crippen LogP contribution >= 0.6 is 23.1 Å². The van der Waals surface area contributed by atoms with Gasteiger partial charge in [0, 0.05) is 22.2 Å². The number of thiophene rings is 1. The molecule has 0 saturated heterocycles. The van der Waals surface area contributed by atoms with E-state index in [2.05, 4.69) is 36.7 Å². The van der Waals surface area contributed by atoms with Crippen LogP contribution in [0.15, 0.2) is 17.5 Å². The van der Waals surface area contributed by atoms with Gasteiger partial charge in [-0.1, -0.05) is 13.0 Å². The summed E-state index contributed by atoms with van der Waals surface area (Å²) in [4.78, 5) is 1.38. The summed E-state index contributed by atoms with van der Waals surface area (Å²) in [5.41, 5.74) is 0. The topological polar surface area (TPSA) is 32.3 Å². The van der Waals surface area contributed by atoms with Crippen LogP contribution in [0.1, 0.15) is 31.2 Å². The van der Waals surface area contributed by atoms with Gasteiger partial charge in [-0.15, -0.1) is 11.3 Å². The predicted molar refractivity (Wildman–Crippen MR) is 74.3 cm³/mol. The van der Waals surface area contributed by atoms with Gasteiger partial charge < -0.3 is 10.4 Å². The molecule has 92 valence electrons. The smallest absolute Gasteiger partial charge is 0.0564 e. The fourth-order valence-electron chi connectivity index (χ4n) is 1.75. The number of aliphatic hydroxyl groups excluding tert-OH is 1. The Morgan fingerprint density at radius 3 is 2.75 bits per heavy atom. The van der Waals surface area contributed by atoms with Crippen LogP contribution in [0.2, 0.25) is 0 Å². The number of aliphatic hydroxyl groups is 1. The molecule has 0 fully saturated rings. The molecular weight excluding hydrogens is 238 g/mol. The van der Waals surface area contributed by atoms with E-state index in [0.29, 0.717) is 12.1 Å². The highest BCUT2D eigenvalue weighted by Crippen LogP contribution is 2.23. The molecule has 0 saturated carbocycles. The van der Waals surface area contributed by atoms with Gasteiger partial charge in [0.2, 0.25) is 0 Å². The van der Waals surface area contributed by atoms with Crippen molar-refractivity contribution in [2.75, 3.05) is 12.9 Å². The Bertz CT molecular complexity index is 273. The zero-order valence-corrected chi connectivity index (χ0v) is 11.8. The summed E-state index contributed by atoms with van der Waals surface area (Å²) in [7, 11) is 0. The van der Waals surface area contributed by atoms with Crippen molar-refractivity contribution >= 4 is 23.1 Å². The van der Waals surface area contributed by atoms with Gasteiger partial charge in [0.05, 0.1) is 6.61 Å². The lowest BCUT2D eigenvalue weighted by Gasteiger charge is -2.26. The Hall–Kier alpha value is -0.0300. The van der Waals surface area contributed by atoms with Crippen molar-refractivity contribution < 1.29 is 5.11 Å². The van der Waals surface area contributed by atoms with Crippen LogP contribution in [0.5, 0.6) is 0 Å². The second-order valence-corrected chi connectivity index (χ2v) is 5.94. The number of nitrogens with one attached hydrogen (secondary N) is 1. The molecule has 0 amide bonds. The molecule has 2 N–H and O–H groups in total. The van der Waals surface area contributed by atoms with E-state index in [-0.39, 0.29) is 11.9 Å². The summed E-state index contributed by atoms with van der Waals surface area (Å²) < 4.78 is 0. The van der Waals surface area contributed by atoms with Gasteiger partial charge in [-0.05, 0) is 31.0 Å². The summed E-state index contributed by atoms with van der Waals surface area (Å²) >= 11 is 3.51. The van der Waals surface area contributed by atoms with Crippen LogP contribution in [0.3, 0.4) is 0 Å². The van der Waals surface area contributed by atoms with E-state index in [1.807, 2.05) is 6.26 Å². The van der Waals surface area contributed by atoms with Crippen LogP contribution in [0.25, 0.3) is 0 Å². The van der Waals surface area contributed by atoms with E-state index in [4.69, 9.17) is 0 Å². The first kappa shape index (κ1) is 14.0. The first-order chi connectivity index (χ1) is 7.72. The molecule has 0 aliphatic rings. The fourth-order valence-corrected chi connectivity index (χ4v) is 3.26. The minimum atomic E-state index is 0.232. The average Bonchev–Trinajstić information content (AvgIpc) is 2.81. The second kappa shape index (κ2) is 7.33. The van der Waals surface area contributed by atoms with Crippen LogP contribution in [-0.4, -0.2) is 29.3 Å². The molecule has 3 atom stereocenters. The molecule has 16 heavy (non-hydrogen) atoms. The summed E-state index contributed by atoms with van der Waals surface area (Å²) in [5.74, 6) is 0. The Morgan fingerprint density at radius 1 is 1.56 bits per heavy atom. The zero-order chi connectivity index (χ0) is 12.0. The molecule has 0 aromatic carbocycles. The van der Waals surface area contributed by atoms with Crippen molar-refractivity contribution in [3.8, 4) is 0 Å². The second-order valence-electron chi connectivity index (χ2n) is 3.89. The molecule has 1 rings (SSSR count). The van der Waals surface area contributed by atoms with Crippen molar-refractivity contribution in [3.63, 3.8) is 0 Å². The van der Waals surface area contributed by atoms with Gasteiger partial charge in [0.15, 0.2) is 0 Å². The van der Waals surface area contributed by atoms with Crippen molar-refractivity contribution in [2.24, 2.45) is 0 Å². The molecule has 4 heteroatoms. The molecule has 0 spiro atoms. The number of hydrogen-bond acceptors (Lipinski definition) is 4. The maximum Gasteiger partial charge on any atom is 0.0564 e. The maximum atomic E-state index is 9.25. The Morgan fingerprint density at radius 2 is 2.31 bits per heavy atom. The van der Waals surface area contributed by atoms with Crippen LogP contribution in [-0.2, 0) is 0 Å². The summed E-state index contributed by atoms with van der Waals surface area (Å²) in [6.07, 6.45) is 3.13. The van der Waals surface area contributed by atoms with E-state index < -0.39 is 0 Å². The molecule has 2 nitrogen and oxygen atoms in total. The molecule has 0 aliphatic carbocycles. The Labute approximate surface area is 106 Å². The zero-order valence-electron chi connectivity index (χ0n) is 10.1. The predicted octanol–water partition coefficient (Wildman–Crippen LogP) is 2.90. The van der Waals surface area contributed by atoms with E-state index in [9.17, 15) is 5.11 Å². The highest BCUT2D eigenvalue weighted by molar-refractivity contribution is 7.99. The van der Waals surface area contributed by atoms with Crippen molar-refractivity contribution in [1.29, 1.82) is 0 Å². The minimum Gasteiger partial charge on any atom is -0.395 e. The third kappa shape index (κ3) is 3.77. The fraction of sp³-hybridized carbons (Fsp3) is 0.667. The normalized spacial score (nSPS) is 17.0. The van der Waals surface area contributed by atoms with Gasteiger partial charge in [-0.3, -0.25) is 0 Å². The Balaban J connectivity index is 2.56. The van der Waals surface area contributed by atoms with Gasteiger partial charge in [0.25, 0.3) is 0 Å². The van der Waals surface area contributed by atoms with Gasteiger partial charge in [-0.25, -0.2) is 0 Å². The van der Waals surface area contributed by atoms with E-state index in [0.717, 1.165) is 6.42 Å². The van der Waals surface area contributed by atoms with Gasteiger partial charge in [-0.2, -0.15) is 11.8 Å². The highest BCUT2D eigenvalue weighted by Gasteiger charge is 2.19. The summed E-state index contributed by atoms with van der Waals surface area (Å²) in [6.45, 7) is 4.57. The standard InChI is InChI=1S/C12H21NOS2/c1-4-10(11-6-5-7-16-11)13-9(2)12(8-14)15-3/h5-7,9-10,12-14H,4,8H2,1-3H3. The Kier molecular flexibility index (Phi) is 6.43. The van der Waals surface area contributed by atoms with E-state index >= 15 is 0 Å². The molecule has 1 heterocycles. The third-order valence-electron chi connectivity index (χ3n) is 2.80. The lowest BCUT2D eigenvalue weighted by atomic mass is 10.1. The molecule has 1 aromatic rings. The monoisotopic (exact) mass is 259 g/mol. The van der Waals surface area contributed by atoms with Crippen molar-refractivity contribution in [3.05, 3.63) is 22.4 Å². The van der Waals surface area contributed by atoms with Crippen molar-refractivity contribution in [1.82, 2.24) is 5.32 Å². The molecule has 0 radical (unpaired) electrons. The van der Waals surface area contributed by atoms with Gasteiger partial charge >= 0.3 is 0 Å². The summed E-state index contributed by atoms with van der Waals surface area (Å²) in [5, 5.41) is 15.2. The first-order valence-corrected chi connectivity index (χ1v) is 7.82. The summed E-state index contributed by atoms with van der Waals surface area (Å²) in [6, 6.07) is 5.00. The molecule has 1 aromatic heterocycles. The molecule has 3 unspecified atom stereocenters. The molecular formula is C12H21NOS2. The van der Waals surface area contributed by atoms with Crippen LogP contribution in [0.4, 0.5) is 0 Å². The van der Waals surface area contributed by atoms with Gasteiger partial charge in [0.1, 0.15) is 0 Å². The molecule has 0 aliphatic heterocycles. The van der Waals surface area contributed by atoms with Crippen LogP contribution in [0, 0.1) is 0 Å². The average molecular weight is 259 g/mol. The lowest BCUT2D eigenvalue weighted by Crippen LogP contribution is -2.39. The first-order valence-electron chi connectivity index (χ1n) is 5.66. The minimum absolute atomic E-state index is 0.232. The number of rotatable bonds is 7. The van der Waals surface area contributed by atoms with Crippen LogP contribution < -0.4 is 5.32 Å². The maximum absolute atomic E-state index is 9.25. The third-order valence-corrected chi connectivity index (χ3v) is 4.95. The van der Waals surface area contributed by atoms with E-state index in [1.165, 1.54) is 4.88 Å². The molecule has 0 bridgehead atoms.